The number of unbranched alkanes of at least 4 members (excludes halogenated alkanes) is 3. The number of anilines is 3. The molecule has 0 saturated heterocycles. The van der Waals surface area contributed by atoms with E-state index in [2.05, 4.69) is 118 Å². The van der Waals surface area contributed by atoms with Gasteiger partial charge in [-0.25, -0.2) is 54.0 Å². The summed E-state index contributed by atoms with van der Waals surface area (Å²) < 4.78 is 55.5. The fraction of sp³-hybridized carbons (Fsp3) is 0.346. The van der Waals surface area contributed by atoms with Crippen LogP contribution < -0.4 is 26.2 Å². The number of aromatic nitrogens is 9. The molecule has 0 unspecified atom stereocenters. The molecule has 30 nitrogen and oxygen atoms in total. The van der Waals surface area contributed by atoms with Gasteiger partial charge in [0.05, 0.1) is 127 Å². The molecule has 6 heterocycles. The first-order valence-corrected chi connectivity index (χ1v) is 40.9. The third-order valence-electron chi connectivity index (χ3n) is 18.3. The quantitative estimate of drug-likeness (QED) is 0.00566. The van der Waals surface area contributed by atoms with Gasteiger partial charge in [0.1, 0.15) is 45.5 Å². The number of nitrogen functional groups attached to an aromatic ring is 3. The number of rotatable bonds is 37. The normalized spacial score (nSPS) is 11.5. The number of ether oxygens (including phenoxy) is 3. The number of isothiocyanates is 3. The van der Waals surface area contributed by atoms with E-state index >= 15 is 0 Å². The zero-order chi connectivity index (χ0) is 80.8. The first-order valence-electron chi connectivity index (χ1n) is 36.6. The number of pyridine rings is 3. The van der Waals surface area contributed by atoms with Crippen LogP contribution in [0.2, 0.25) is 0 Å². The summed E-state index contributed by atoms with van der Waals surface area (Å²) in [6.07, 6.45) is 9.79. The number of thiocarbonyl (C=S) groups is 3. The van der Waals surface area contributed by atoms with Crippen LogP contribution in [0.4, 0.5) is 17.5 Å². The lowest BCUT2D eigenvalue weighted by atomic mass is 10.1. The minimum Gasteiger partial charge on any atom is -0.508 e. The van der Waals surface area contributed by atoms with Gasteiger partial charge in [-0.2, -0.15) is 0 Å². The highest BCUT2D eigenvalue weighted by molar-refractivity contribution is 7.78. The lowest BCUT2D eigenvalue weighted by molar-refractivity contribution is 0.145. The van der Waals surface area contributed by atoms with Crippen LogP contribution in [-0.2, 0) is 81.5 Å². The predicted octanol–water partition coefficient (Wildman–Crippen LogP) is 13.4. The van der Waals surface area contributed by atoms with Gasteiger partial charge in [0.25, 0.3) is 0 Å². The van der Waals surface area contributed by atoms with Gasteiger partial charge in [-0.05, 0) is 159 Å². The smallest absolute Gasteiger partial charge is 0.508 e. The summed E-state index contributed by atoms with van der Waals surface area (Å²) in [6.45, 7) is 11.4. The van der Waals surface area contributed by atoms with Crippen LogP contribution in [0, 0.1) is 0 Å². The molecule has 12 aromatic rings. The van der Waals surface area contributed by atoms with Crippen LogP contribution in [0.1, 0.15) is 110 Å². The summed E-state index contributed by atoms with van der Waals surface area (Å²) in [4.78, 5) is 77.2. The number of fused-ring (bicyclic) bond motifs is 9. The van der Waals surface area contributed by atoms with E-state index in [0.29, 0.717) is 147 Å². The Bertz CT molecular complexity index is 5640. The molecule has 35 heteroatoms. The van der Waals surface area contributed by atoms with Crippen molar-refractivity contribution >= 4 is 151 Å². The summed E-state index contributed by atoms with van der Waals surface area (Å²) in [5.74, 6) is 2.24. The van der Waals surface area contributed by atoms with Crippen molar-refractivity contribution in [3.8, 4) is 34.5 Å². The summed E-state index contributed by atoms with van der Waals surface area (Å²) in [5, 5.41) is 51.2. The second kappa shape index (κ2) is 40.5. The van der Waals surface area contributed by atoms with E-state index in [-0.39, 0.29) is 53.4 Å². The number of aliphatic imine (C=N–C) groups is 3. The number of hydrogen-bond donors (Lipinski definition) is 11. The number of hydrogen-bond acceptors (Lipinski definition) is 26. The van der Waals surface area contributed by atoms with Crippen molar-refractivity contribution in [1.82, 2.24) is 43.6 Å². The van der Waals surface area contributed by atoms with Crippen molar-refractivity contribution in [2.24, 2.45) is 15.0 Å². The average Bonchev–Trinajstić information content (AvgIpc) is 1.64. The number of benzene rings is 6. The maximum absolute atomic E-state index is 11.6. The van der Waals surface area contributed by atoms with E-state index in [1.54, 1.807) is 30.3 Å². The zero-order valence-electron chi connectivity index (χ0n) is 62.5. The molecule has 0 fully saturated rings. The number of phenols is 4. The lowest BCUT2D eigenvalue weighted by Gasteiger charge is -2.16. The predicted molar refractivity (Wildman–Crippen MR) is 446 cm³/mol. The number of nitrogens with two attached hydrogens (primary N) is 3. The highest BCUT2D eigenvalue weighted by Gasteiger charge is 2.27. The summed E-state index contributed by atoms with van der Waals surface area (Å²) in [6, 6.07) is 31.5. The van der Waals surface area contributed by atoms with Gasteiger partial charge in [-0.15, -0.1) is 0 Å². The largest absolute Gasteiger partial charge is 0.524 e. The van der Waals surface area contributed by atoms with Gasteiger partial charge < -0.3 is 74.6 Å². The van der Waals surface area contributed by atoms with Crippen LogP contribution in [-0.4, -0.2) is 158 Å². The van der Waals surface area contributed by atoms with Gasteiger partial charge >= 0.3 is 15.6 Å². The second-order valence-corrected chi connectivity index (χ2v) is 29.2. The summed E-state index contributed by atoms with van der Waals surface area (Å²) >= 11 is 13.7. The van der Waals surface area contributed by atoms with Crippen LogP contribution >= 0.6 is 52.3 Å². The summed E-state index contributed by atoms with van der Waals surface area (Å²) in [7, 11) is -9.78. The molecule has 0 amide bonds. The van der Waals surface area contributed by atoms with Gasteiger partial charge in [-0.3, -0.25) is 19.6 Å². The number of phosphoric acid groups is 2. The maximum Gasteiger partial charge on any atom is 0.524 e. The van der Waals surface area contributed by atoms with Crippen molar-refractivity contribution < 1.29 is 72.4 Å². The Morgan fingerprint density at radius 3 is 1.20 bits per heavy atom. The fourth-order valence-electron chi connectivity index (χ4n) is 12.9. The van der Waals surface area contributed by atoms with E-state index in [9.17, 15) is 49.1 Å². The zero-order valence-corrected chi connectivity index (χ0v) is 66.8. The van der Waals surface area contributed by atoms with Crippen molar-refractivity contribution in [2.45, 2.75) is 117 Å². The summed E-state index contributed by atoms with van der Waals surface area (Å²) in [5.41, 5.74) is 29.9. The highest BCUT2D eigenvalue weighted by atomic mass is 32.1. The van der Waals surface area contributed by atoms with E-state index in [0.717, 1.165) is 124 Å². The fourth-order valence-corrected chi connectivity index (χ4v) is 14.1. The molecule has 0 aliphatic heterocycles. The molecule has 6 aromatic carbocycles. The molecular weight excluding hydrogens is 1550 g/mol. The number of aryl methyl sites for hydroxylation is 3. The first-order chi connectivity index (χ1) is 54.4. The molecule has 12 rings (SSSR count). The Kier molecular flexibility index (Phi) is 30.5. The average molecular weight is 1630 g/mol. The number of imidazole rings is 3. The molecule has 0 bridgehead atoms. The SMILES string of the molecule is CCCCc1nc2c(N)nc3ccc(CCOCCN=C=S)cc3c2n1Cc1cc(O)ccc1O.CCCCc1nc2c(N)nc3ccc(CCOCCN=C=S)cc3c2n1Cc1cccc(O)c1OP(=O)(O)O.CCCCc1nc2c(N)nc3ccc(CCOCCN=C=S)cc3c2n1Cc1cccc(OP(=O)(O)O)c1O. The van der Waals surface area contributed by atoms with Crippen molar-refractivity contribution in [3.63, 3.8) is 0 Å². The van der Waals surface area contributed by atoms with Gasteiger partial charge in [0.15, 0.2) is 40.5 Å². The Morgan fingerprint density at radius 1 is 0.434 bits per heavy atom. The third kappa shape index (κ3) is 22.6. The molecule has 113 heavy (non-hydrogen) atoms. The highest BCUT2D eigenvalue weighted by Crippen LogP contribution is 2.46. The number of phenolic OH excluding ortho intramolecular Hbond substituents is 4. The van der Waals surface area contributed by atoms with Crippen molar-refractivity contribution in [1.29, 1.82) is 0 Å². The molecular formula is C78H89N15O15P2S3. The molecule has 6 aromatic heterocycles. The molecule has 0 atom stereocenters. The minimum absolute atomic E-state index is 0.0990. The number of phosphoric ester groups is 2. The van der Waals surface area contributed by atoms with Crippen molar-refractivity contribution in [2.75, 3.05) is 76.5 Å². The number of nitrogens with zero attached hydrogens (tertiary/aromatic N) is 12. The van der Waals surface area contributed by atoms with E-state index in [4.69, 9.17) is 50.9 Å². The maximum atomic E-state index is 11.6. The van der Waals surface area contributed by atoms with Crippen LogP contribution in [0.25, 0.3) is 65.8 Å². The van der Waals surface area contributed by atoms with Gasteiger partial charge in [0, 0.05) is 52.1 Å². The molecule has 0 spiro atoms. The Morgan fingerprint density at radius 2 is 0.814 bits per heavy atom. The lowest BCUT2D eigenvalue weighted by Crippen LogP contribution is -2.08. The number of para-hydroxylation sites is 2. The Labute approximate surface area is 666 Å². The van der Waals surface area contributed by atoms with Crippen LogP contribution in [0.15, 0.2) is 124 Å². The first kappa shape index (κ1) is 85.2. The standard InChI is InChI=1S/2C26H30N5O6PS.C26H29N5O3S/c1-2-3-7-22-30-23-24(31(22)15-18-5-4-6-21(25(18)32)37-38(33,34)35)19-14-17(8-9-20(19)29-26(23)27)10-12-36-13-11-28-16-39;1-2-3-7-22-30-23-24(31(22)15-18-5-4-6-21(32)25(18)37-38(33,34)35)19-14-17(8-9-20(19)29-26(23)27)10-12-36-13-11-28-16-39;1-2-3-4-23-30-24-25(31(23)15-18-14-19(32)6-8-22(18)33)20-13-17(5-7-21(20)29-26(24)27)9-11-34-12-10-28-16-35/h2*4-6,8-9,14,32H,2-3,7,10-13,15H2,1H3,(H2,27,29)(H2,33,34,35);5-8,13-14,32-33H,2-4,9-12,15H2,1H3,(H2,27,29). The van der Waals surface area contributed by atoms with Crippen LogP contribution in [0.3, 0.4) is 0 Å². The molecule has 0 saturated carbocycles. The van der Waals surface area contributed by atoms with E-state index in [1.807, 2.05) is 57.7 Å². The molecule has 0 aliphatic carbocycles. The second-order valence-electron chi connectivity index (χ2n) is 26.3. The molecule has 0 radical (unpaired) electrons. The molecule has 0 aliphatic rings. The Balaban J connectivity index is 0.000000180. The van der Waals surface area contributed by atoms with E-state index in [1.165, 1.54) is 24.3 Å². The number of aromatic hydroxyl groups is 4. The topological polar surface area (TPSA) is 449 Å². The monoisotopic (exact) mass is 1630 g/mol. The minimum atomic E-state index is -4.92. The van der Waals surface area contributed by atoms with Gasteiger partial charge in [-0.1, -0.05) is 82.5 Å². The molecule has 14 N–H and O–H groups in total. The van der Waals surface area contributed by atoms with Crippen LogP contribution in [0.5, 0.6) is 34.5 Å². The van der Waals surface area contributed by atoms with Gasteiger partial charge in [0.2, 0.25) is 0 Å². The van der Waals surface area contributed by atoms with Crippen molar-refractivity contribution in [3.05, 3.63) is 160 Å². The molecule has 594 valence electrons. The van der Waals surface area contributed by atoms with E-state index < -0.39 is 15.6 Å². The Hall–Kier alpha value is -10.3. The third-order valence-corrected chi connectivity index (χ3v) is 19.5.